The van der Waals surface area contributed by atoms with Crippen LogP contribution in [0.5, 0.6) is 0 Å². The predicted octanol–water partition coefficient (Wildman–Crippen LogP) is 2.97. The fourth-order valence-electron chi connectivity index (χ4n) is 6.56. The molecule has 6 unspecified atom stereocenters. The molecule has 19 heavy (non-hydrogen) atoms. The third-order valence-corrected chi connectivity index (χ3v) is 7.65. The van der Waals surface area contributed by atoms with E-state index in [1.54, 1.807) is 0 Å². The molecule has 4 bridgehead atoms. The quantitative estimate of drug-likeness (QED) is 0.638. The van der Waals surface area contributed by atoms with E-state index in [1.807, 2.05) is 0 Å². The first kappa shape index (κ1) is 12.6. The minimum atomic E-state index is -3.75. The van der Waals surface area contributed by atoms with E-state index in [2.05, 4.69) is 0 Å². The molecule has 0 aromatic carbocycles. The van der Waals surface area contributed by atoms with Crippen LogP contribution in [0.4, 0.5) is 0 Å². The van der Waals surface area contributed by atoms with Gasteiger partial charge in [-0.3, -0.25) is 4.55 Å². The van der Waals surface area contributed by atoms with Crippen molar-refractivity contribution in [2.45, 2.75) is 44.9 Å². The Hall–Kier alpha value is -0.0900. The first-order valence-electron chi connectivity index (χ1n) is 7.98. The van der Waals surface area contributed by atoms with Gasteiger partial charge in [-0.05, 0) is 86.4 Å². The highest BCUT2D eigenvalue weighted by Gasteiger charge is 2.61. The normalized spacial score (nSPS) is 50.9. The highest BCUT2D eigenvalue weighted by atomic mass is 32.2. The SMILES string of the molecule is O=S(=O)(O)CCCC1C[C@@H]2CC1C1C3CCC(C3)C12. The van der Waals surface area contributed by atoms with E-state index < -0.39 is 10.1 Å². The molecule has 1 N–H and O–H groups in total. The van der Waals surface area contributed by atoms with Crippen molar-refractivity contribution in [1.82, 2.24) is 0 Å². The third kappa shape index (κ3) is 1.98. The maximum atomic E-state index is 10.8. The molecule has 0 spiro atoms. The minimum absolute atomic E-state index is 0.0406. The zero-order valence-electron chi connectivity index (χ0n) is 11.4. The Labute approximate surface area is 115 Å². The van der Waals surface area contributed by atoms with E-state index in [1.165, 1.54) is 32.1 Å². The first-order valence-corrected chi connectivity index (χ1v) is 9.59. The molecule has 0 amide bonds. The molecule has 4 heteroatoms. The van der Waals surface area contributed by atoms with Gasteiger partial charge in [0.25, 0.3) is 10.1 Å². The summed E-state index contributed by atoms with van der Waals surface area (Å²) in [7, 11) is -3.75. The lowest BCUT2D eigenvalue weighted by Gasteiger charge is -2.38. The summed E-state index contributed by atoms with van der Waals surface area (Å²) in [6, 6.07) is 0. The van der Waals surface area contributed by atoms with Gasteiger partial charge >= 0.3 is 0 Å². The van der Waals surface area contributed by atoms with Gasteiger partial charge in [0.1, 0.15) is 0 Å². The third-order valence-electron chi connectivity index (χ3n) is 6.85. The molecule has 3 nitrogen and oxygen atoms in total. The second-order valence-electron chi connectivity index (χ2n) is 7.57. The van der Waals surface area contributed by atoms with E-state index >= 15 is 0 Å². The Balaban J connectivity index is 1.40. The molecule has 0 radical (unpaired) electrons. The summed E-state index contributed by atoms with van der Waals surface area (Å²) in [5.74, 6) is 6.66. The van der Waals surface area contributed by atoms with Crippen LogP contribution in [0.1, 0.15) is 44.9 Å². The van der Waals surface area contributed by atoms with Crippen LogP contribution in [0.15, 0.2) is 0 Å². The maximum absolute atomic E-state index is 10.8. The van der Waals surface area contributed by atoms with E-state index in [0.29, 0.717) is 6.42 Å². The maximum Gasteiger partial charge on any atom is 0.264 e. The van der Waals surface area contributed by atoms with Crippen LogP contribution < -0.4 is 0 Å². The van der Waals surface area contributed by atoms with Gasteiger partial charge in [-0.25, -0.2) is 0 Å². The van der Waals surface area contributed by atoms with E-state index in [9.17, 15) is 8.42 Å². The molecule has 7 atom stereocenters. The standard InChI is InChI=1S/C15H24O3S/c16-19(17,18)5-1-2-9-6-12-8-13(9)15-11-4-3-10(7-11)14(12)15/h9-15H,1-8H2,(H,16,17,18)/t9?,10?,11?,12-,13?,14?,15?/m1/s1. The summed E-state index contributed by atoms with van der Waals surface area (Å²) in [6.07, 6.45) is 8.90. The molecule has 0 saturated heterocycles. The second-order valence-corrected chi connectivity index (χ2v) is 9.14. The fourth-order valence-corrected chi connectivity index (χ4v) is 7.09. The number of hydrogen-bond donors (Lipinski definition) is 1. The van der Waals surface area contributed by atoms with Gasteiger partial charge in [-0.1, -0.05) is 0 Å². The van der Waals surface area contributed by atoms with Crippen LogP contribution in [-0.2, 0) is 10.1 Å². The second kappa shape index (κ2) is 4.20. The molecule has 4 aliphatic rings. The van der Waals surface area contributed by atoms with Crippen molar-refractivity contribution in [3.05, 3.63) is 0 Å². The van der Waals surface area contributed by atoms with Gasteiger partial charge < -0.3 is 0 Å². The largest absolute Gasteiger partial charge is 0.286 e. The first-order chi connectivity index (χ1) is 9.03. The lowest BCUT2D eigenvalue weighted by molar-refractivity contribution is 0.101. The molecule has 4 rings (SSSR count). The van der Waals surface area contributed by atoms with Gasteiger partial charge in [0.2, 0.25) is 0 Å². The Bertz CT molecular complexity index is 472. The van der Waals surface area contributed by atoms with Crippen LogP contribution >= 0.6 is 0 Å². The van der Waals surface area contributed by atoms with Crippen LogP contribution in [0.2, 0.25) is 0 Å². The summed E-state index contributed by atoms with van der Waals surface area (Å²) < 4.78 is 30.4. The van der Waals surface area contributed by atoms with Gasteiger partial charge in [0, 0.05) is 0 Å². The van der Waals surface area contributed by atoms with Crippen molar-refractivity contribution in [3.8, 4) is 0 Å². The van der Waals surface area contributed by atoms with Crippen molar-refractivity contribution in [2.75, 3.05) is 5.75 Å². The average molecular weight is 284 g/mol. The summed E-state index contributed by atoms with van der Waals surface area (Å²) in [6.45, 7) is 0. The topological polar surface area (TPSA) is 54.4 Å². The number of hydrogen-bond acceptors (Lipinski definition) is 2. The molecule has 0 aliphatic heterocycles. The van der Waals surface area contributed by atoms with Crippen LogP contribution in [0.3, 0.4) is 0 Å². The zero-order valence-corrected chi connectivity index (χ0v) is 12.2. The molecule has 0 heterocycles. The summed E-state index contributed by atoms with van der Waals surface area (Å²) in [5.41, 5.74) is 0. The van der Waals surface area contributed by atoms with Crippen molar-refractivity contribution in [1.29, 1.82) is 0 Å². The highest BCUT2D eigenvalue weighted by molar-refractivity contribution is 7.85. The van der Waals surface area contributed by atoms with Gasteiger partial charge in [-0.15, -0.1) is 0 Å². The molecule has 4 saturated carbocycles. The van der Waals surface area contributed by atoms with E-state index in [4.69, 9.17) is 4.55 Å². The van der Waals surface area contributed by atoms with Crippen molar-refractivity contribution < 1.29 is 13.0 Å². The lowest BCUT2D eigenvalue weighted by atomic mass is 9.67. The van der Waals surface area contributed by atoms with Crippen LogP contribution in [0.25, 0.3) is 0 Å². The zero-order chi connectivity index (χ0) is 13.2. The Morgan fingerprint density at radius 1 is 0.947 bits per heavy atom. The van der Waals surface area contributed by atoms with Crippen LogP contribution in [0, 0.1) is 41.4 Å². The molecular weight excluding hydrogens is 260 g/mol. The predicted molar refractivity (Wildman–Crippen MR) is 73.2 cm³/mol. The van der Waals surface area contributed by atoms with Crippen molar-refractivity contribution in [3.63, 3.8) is 0 Å². The smallest absolute Gasteiger partial charge is 0.264 e. The molecule has 4 aliphatic carbocycles. The minimum Gasteiger partial charge on any atom is -0.286 e. The van der Waals surface area contributed by atoms with Crippen molar-refractivity contribution in [2.24, 2.45) is 41.4 Å². The Kier molecular flexibility index (Phi) is 2.79. The van der Waals surface area contributed by atoms with Gasteiger partial charge in [0.15, 0.2) is 0 Å². The Morgan fingerprint density at radius 3 is 2.42 bits per heavy atom. The van der Waals surface area contributed by atoms with Crippen molar-refractivity contribution >= 4 is 10.1 Å². The molecule has 0 aromatic heterocycles. The highest BCUT2D eigenvalue weighted by Crippen LogP contribution is 2.69. The van der Waals surface area contributed by atoms with Gasteiger partial charge in [-0.2, -0.15) is 8.42 Å². The average Bonchev–Trinajstić information content (AvgIpc) is 3.05. The molecule has 108 valence electrons. The van der Waals surface area contributed by atoms with Gasteiger partial charge in [0.05, 0.1) is 5.75 Å². The molecular formula is C15H24O3S. The molecule has 0 aromatic rings. The summed E-state index contributed by atoms with van der Waals surface area (Å²) >= 11 is 0. The van der Waals surface area contributed by atoms with E-state index in [0.717, 1.165) is 47.8 Å². The molecule has 4 fully saturated rings. The number of fused-ring (bicyclic) bond motifs is 9. The monoisotopic (exact) mass is 284 g/mol. The summed E-state index contributed by atoms with van der Waals surface area (Å²) in [4.78, 5) is 0. The number of rotatable bonds is 4. The Morgan fingerprint density at radius 2 is 1.68 bits per heavy atom. The summed E-state index contributed by atoms with van der Waals surface area (Å²) in [5, 5.41) is 0. The lowest BCUT2D eigenvalue weighted by Crippen LogP contribution is -2.32. The van der Waals surface area contributed by atoms with Crippen LogP contribution in [-0.4, -0.2) is 18.7 Å². The fraction of sp³-hybridized carbons (Fsp3) is 1.00. The van der Waals surface area contributed by atoms with E-state index in [-0.39, 0.29) is 5.75 Å².